The first-order valence-corrected chi connectivity index (χ1v) is 5.23. The molecular weight excluding hydrogens is 202 g/mol. The number of benzene rings is 1. The van der Waals surface area contributed by atoms with E-state index in [0.29, 0.717) is 12.5 Å². The summed E-state index contributed by atoms with van der Waals surface area (Å²) in [5, 5.41) is 0. The Hall–Kier alpha value is -1.74. The van der Waals surface area contributed by atoms with Gasteiger partial charge in [-0.25, -0.2) is 0 Å². The Kier molecular flexibility index (Phi) is 2.97. The van der Waals surface area contributed by atoms with Crippen molar-refractivity contribution < 1.29 is 9.15 Å². The largest absolute Gasteiger partial charge is 0.429 e. The summed E-state index contributed by atoms with van der Waals surface area (Å²) in [6, 6.07) is 9.54. The summed E-state index contributed by atoms with van der Waals surface area (Å²) in [5.74, 6) is 2.02. The standard InChI is InChI=1S/C13H15NO2/c1-9-4-3-5-12(10(9)2)16-13-7-6-11(8-14)15-13/h3-7H,8,14H2,1-2H3. The van der Waals surface area contributed by atoms with Crippen molar-refractivity contribution in [3.8, 4) is 11.7 Å². The van der Waals surface area contributed by atoms with Crippen LogP contribution in [0.4, 0.5) is 0 Å². The maximum atomic E-state index is 5.65. The minimum absolute atomic E-state index is 0.385. The van der Waals surface area contributed by atoms with Gasteiger partial charge in [0.1, 0.15) is 11.5 Å². The average molecular weight is 217 g/mol. The molecule has 0 aliphatic carbocycles. The van der Waals surface area contributed by atoms with Crippen LogP contribution in [0.5, 0.6) is 11.7 Å². The SMILES string of the molecule is Cc1cccc(Oc2ccc(CN)o2)c1C. The Balaban J connectivity index is 2.23. The molecule has 2 rings (SSSR count). The second-order valence-corrected chi connectivity index (χ2v) is 3.72. The Morgan fingerprint density at radius 2 is 2.00 bits per heavy atom. The number of rotatable bonds is 3. The topological polar surface area (TPSA) is 48.4 Å². The third-order valence-electron chi connectivity index (χ3n) is 2.60. The Morgan fingerprint density at radius 3 is 2.69 bits per heavy atom. The van der Waals surface area contributed by atoms with E-state index in [1.165, 1.54) is 5.56 Å². The van der Waals surface area contributed by atoms with Crippen molar-refractivity contribution in [1.29, 1.82) is 0 Å². The highest BCUT2D eigenvalue weighted by molar-refractivity contribution is 5.40. The number of hydrogen-bond donors (Lipinski definition) is 1. The van der Waals surface area contributed by atoms with Crippen molar-refractivity contribution in [3.63, 3.8) is 0 Å². The summed E-state index contributed by atoms with van der Waals surface area (Å²) in [4.78, 5) is 0. The van der Waals surface area contributed by atoms with Crippen LogP contribution >= 0.6 is 0 Å². The third-order valence-corrected chi connectivity index (χ3v) is 2.60. The molecular formula is C13H15NO2. The van der Waals surface area contributed by atoms with Crippen molar-refractivity contribution in [2.24, 2.45) is 5.73 Å². The molecule has 0 radical (unpaired) electrons. The molecule has 0 aliphatic rings. The fraction of sp³-hybridized carbons (Fsp3) is 0.231. The first-order valence-electron chi connectivity index (χ1n) is 5.23. The van der Waals surface area contributed by atoms with Gasteiger partial charge in [-0.2, -0.15) is 0 Å². The van der Waals surface area contributed by atoms with E-state index in [-0.39, 0.29) is 0 Å². The molecule has 2 N–H and O–H groups in total. The number of hydrogen-bond acceptors (Lipinski definition) is 3. The molecule has 0 unspecified atom stereocenters. The van der Waals surface area contributed by atoms with Crippen LogP contribution in [-0.2, 0) is 6.54 Å². The van der Waals surface area contributed by atoms with Crippen molar-refractivity contribution in [2.45, 2.75) is 20.4 Å². The summed E-state index contributed by atoms with van der Waals surface area (Å²) in [7, 11) is 0. The lowest BCUT2D eigenvalue weighted by Crippen LogP contribution is -1.93. The highest BCUT2D eigenvalue weighted by Crippen LogP contribution is 2.27. The molecule has 3 heteroatoms. The van der Waals surface area contributed by atoms with Crippen molar-refractivity contribution in [3.05, 3.63) is 47.2 Å². The molecule has 1 aromatic heterocycles. The molecule has 0 fully saturated rings. The molecule has 16 heavy (non-hydrogen) atoms. The molecule has 0 aliphatic heterocycles. The molecule has 0 atom stereocenters. The highest BCUT2D eigenvalue weighted by atomic mass is 16.6. The maximum absolute atomic E-state index is 5.65. The van der Waals surface area contributed by atoms with Crippen LogP contribution < -0.4 is 10.5 Å². The van der Waals surface area contributed by atoms with Gasteiger partial charge in [0.25, 0.3) is 5.95 Å². The number of aryl methyl sites for hydroxylation is 1. The Labute approximate surface area is 94.8 Å². The third kappa shape index (κ3) is 2.09. The lowest BCUT2D eigenvalue weighted by Gasteiger charge is -2.07. The normalized spacial score (nSPS) is 10.4. The Bertz CT molecular complexity index is 488. The van der Waals surface area contributed by atoms with Crippen LogP contribution in [0.1, 0.15) is 16.9 Å². The van der Waals surface area contributed by atoms with Gasteiger partial charge < -0.3 is 14.9 Å². The van der Waals surface area contributed by atoms with E-state index < -0.39 is 0 Å². The molecule has 0 spiro atoms. The van der Waals surface area contributed by atoms with Gasteiger partial charge in [0.15, 0.2) is 0 Å². The van der Waals surface area contributed by atoms with E-state index in [4.69, 9.17) is 14.9 Å². The second kappa shape index (κ2) is 4.41. The monoisotopic (exact) mass is 217 g/mol. The van der Waals surface area contributed by atoms with Gasteiger partial charge in [-0.3, -0.25) is 0 Å². The number of ether oxygens (including phenoxy) is 1. The summed E-state index contributed by atoms with van der Waals surface area (Å²) >= 11 is 0. The van der Waals surface area contributed by atoms with E-state index in [1.54, 1.807) is 6.07 Å². The molecule has 1 heterocycles. The van der Waals surface area contributed by atoms with Crippen LogP contribution in [-0.4, -0.2) is 0 Å². The first-order chi connectivity index (χ1) is 7.70. The number of furan rings is 1. The zero-order chi connectivity index (χ0) is 11.5. The van der Waals surface area contributed by atoms with Gasteiger partial charge >= 0.3 is 0 Å². The minimum Gasteiger partial charge on any atom is -0.429 e. The van der Waals surface area contributed by atoms with Crippen molar-refractivity contribution >= 4 is 0 Å². The van der Waals surface area contributed by atoms with Gasteiger partial charge in [-0.1, -0.05) is 12.1 Å². The zero-order valence-corrected chi connectivity index (χ0v) is 9.49. The predicted molar refractivity (Wildman–Crippen MR) is 62.6 cm³/mol. The molecule has 0 saturated heterocycles. The maximum Gasteiger partial charge on any atom is 0.290 e. The second-order valence-electron chi connectivity index (χ2n) is 3.72. The van der Waals surface area contributed by atoms with Gasteiger partial charge in [-0.05, 0) is 37.1 Å². The average Bonchev–Trinajstić information content (AvgIpc) is 2.73. The molecule has 84 valence electrons. The highest BCUT2D eigenvalue weighted by Gasteiger charge is 2.06. The summed E-state index contributed by atoms with van der Waals surface area (Å²) in [5.41, 5.74) is 7.78. The van der Waals surface area contributed by atoms with Gasteiger partial charge in [0.2, 0.25) is 0 Å². The van der Waals surface area contributed by atoms with E-state index in [1.807, 2.05) is 25.1 Å². The fourth-order valence-electron chi connectivity index (χ4n) is 1.47. The predicted octanol–water partition coefficient (Wildman–Crippen LogP) is 3.15. The molecule has 3 nitrogen and oxygen atoms in total. The van der Waals surface area contributed by atoms with E-state index >= 15 is 0 Å². The van der Waals surface area contributed by atoms with Crippen LogP contribution in [0.3, 0.4) is 0 Å². The van der Waals surface area contributed by atoms with E-state index in [0.717, 1.165) is 17.1 Å². The van der Waals surface area contributed by atoms with Crippen molar-refractivity contribution in [1.82, 2.24) is 0 Å². The van der Waals surface area contributed by atoms with Crippen LogP contribution in [0.15, 0.2) is 34.7 Å². The van der Waals surface area contributed by atoms with Gasteiger partial charge in [-0.15, -0.1) is 0 Å². The Morgan fingerprint density at radius 1 is 1.19 bits per heavy atom. The molecule has 2 aromatic rings. The zero-order valence-electron chi connectivity index (χ0n) is 9.49. The molecule has 0 saturated carbocycles. The van der Waals surface area contributed by atoms with Gasteiger partial charge in [0.05, 0.1) is 6.54 Å². The lowest BCUT2D eigenvalue weighted by molar-refractivity contribution is 0.331. The van der Waals surface area contributed by atoms with Crippen LogP contribution in [0.2, 0.25) is 0 Å². The van der Waals surface area contributed by atoms with Crippen LogP contribution in [0, 0.1) is 13.8 Å². The summed E-state index contributed by atoms with van der Waals surface area (Å²) in [6.45, 7) is 4.46. The summed E-state index contributed by atoms with van der Waals surface area (Å²) < 4.78 is 11.0. The van der Waals surface area contributed by atoms with E-state index in [2.05, 4.69) is 13.0 Å². The smallest absolute Gasteiger partial charge is 0.290 e. The first kappa shape index (κ1) is 10.8. The van der Waals surface area contributed by atoms with Crippen molar-refractivity contribution in [2.75, 3.05) is 0 Å². The number of nitrogens with two attached hydrogens (primary N) is 1. The molecule has 1 aromatic carbocycles. The molecule has 0 bridgehead atoms. The summed E-state index contributed by atoms with van der Waals surface area (Å²) in [6.07, 6.45) is 0. The van der Waals surface area contributed by atoms with E-state index in [9.17, 15) is 0 Å². The van der Waals surface area contributed by atoms with Crippen LogP contribution in [0.25, 0.3) is 0 Å². The quantitative estimate of drug-likeness (QED) is 0.859. The minimum atomic E-state index is 0.385. The fourth-order valence-corrected chi connectivity index (χ4v) is 1.47. The molecule has 0 amide bonds. The van der Waals surface area contributed by atoms with Gasteiger partial charge in [0, 0.05) is 6.07 Å². The lowest BCUT2D eigenvalue weighted by atomic mass is 10.1.